The Morgan fingerprint density at radius 1 is 1.43 bits per heavy atom. The third kappa shape index (κ3) is 4.15. The first kappa shape index (κ1) is 15.7. The lowest BCUT2D eigenvalue weighted by Gasteiger charge is -2.09. The Balaban J connectivity index is 2.12. The third-order valence-electron chi connectivity index (χ3n) is 2.78. The van der Waals surface area contributed by atoms with E-state index in [-0.39, 0.29) is 5.91 Å². The van der Waals surface area contributed by atoms with Gasteiger partial charge in [0, 0.05) is 16.3 Å². The van der Waals surface area contributed by atoms with Crippen LogP contribution in [0.1, 0.15) is 23.0 Å². The monoisotopic (exact) mass is 322 g/mol. The number of methoxy groups -OCH3 is 1. The van der Waals surface area contributed by atoms with Gasteiger partial charge in [0.1, 0.15) is 5.75 Å². The van der Waals surface area contributed by atoms with Gasteiger partial charge < -0.3 is 15.8 Å². The molecule has 1 aromatic heterocycles. The third-order valence-corrected chi connectivity index (χ3v) is 4.89. The summed E-state index contributed by atoms with van der Waals surface area (Å²) in [5.41, 5.74) is 7.14. The topological polar surface area (TPSA) is 64.3 Å². The van der Waals surface area contributed by atoms with Crippen LogP contribution in [0.3, 0.4) is 0 Å². The number of anilines is 2. The van der Waals surface area contributed by atoms with E-state index in [0.29, 0.717) is 22.0 Å². The van der Waals surface area contributed by atoms with Crippen LogP contribution in [-0.2, 0) is 0 Å². The maximum atomic E-state index is 12.2. The number of rotatable bonds is 6. The van der Waals surface area contributed by atoms with E-state index in [2.05, 4.69) is 12.2 Å². The van der Waals surface area contributed by atoms with Gasteiger partial charge in [-0.25, -0.2) is 0 Å². The molecule has 0 fully saturated rings. The molecule has 0 aliphatic carbocycles. The van der Waals surface area contributed by atoms with Crippen molar-refractivity contribution in [3.05, 3.63) is 34.5 Å². The molecule has 6 heteroatoms. The minimum Gasteiger partial charge on any atom is -0.496 e. The van der Waals surface area contributed by atoms with Gasteiger partial charge in [-0.15, -0.1) is 23.1 Å². The molecule has 21 heavy (non-hydrogen) atoms. The number of carbonyl (C=O) groups is 1. The predicted molar refractivity (Wildman–Crippen MR) is 90.7 cm³/mol. The molecule has 0 saturated carbocycles. The number of nitrogens with two attached hydrogens (primary N) is 1. The lowest BCUT2D eigenvalue weighted by Crippen LogP contribution is -2.11. The summed E-state index contributed by atoms with van der Waals surface area (Å²) >= 11 is 3.09. The summed E-state index contributed by atoms with van der Waals surface area (Å²) in [6.07, 6.45) is 1.10. The lowest BCUT2D eigenvalue weighted by molar-refractivity contribution is 0.103. The van der Waals surface area contributed by atoms with Crippen LogP contribution < -0.4 is 15.8 Å². The fraction of sp³-hybridized carbons (Fsp3) is 0.267. The Hall–Kier alpha value is -1.66. The number of carbonyl (C=O) groups excluding carboxylic acids is 1. The molecule has 0 unspecified atom stereocenters. The van der Waals surface area contributed by atoms with Crippen LogP contribution >= 0.6 is 23.1 Å². The fourth-order valence-electron chi connectivity index (χ4n) is 1.68. The first-order valence-corrected chi connectivity index (χ1v) is 8.46. The van der Waals surface area contributed by atoms with E-state index in [9.17, 15) is 4.79 Å². The Morgan fingerprint density at radius 2 is 2.24 bits per heavy atom. The fourth-order valence-corrected chi connectivity index (χ4v) is 3.24. The molecule has 112 valence electrons. The van der Waals surface area contributed by atoms with Crippen LogP contribution in [0.2, 0.25) is 0 Å². The number of thiophene rings is 1. The van der Waals surface area contributed by atoms with Crippen molar-refractivity contribution >= 4 is 40.4 Å². The second-order valence-electron chi connectivity index (χ2n) is 4.40. The van der Waals surface area contributed by atoms with Crippen molar-refractivity contribution in [3.8, 4) is 5.75 Å². The first-order chi connectivity index (χ1) is 10.1. The van der Waals surface area contributed by atoms with Gasteiger partial charge in [0.25, 0.3) is 5.91 Å². The van der Waals surface area contributed by atoms with E-state index >= 15 is 0 Å². The molecule has 0 atom stereocenters. The first-order valence-electron chi connectivity index (χ1n) is 6.60. The Bertz CT molecular complexity index is 626. The van der Waals surface area contributed by atoms with Crippen LogP contribution in [0.15, 0.2) is 34.5 Å². The quantitative estimate of drug-likeness (QED) is 0.621. The molecule has 4 nitrogen and oxygen atoms in total. The maximum Gasteiger partial charge on any atom is 0.265 e. The number of nitrogens with one attached hydrogen (secondary N) is 1. The molecule has 2 rings (SSSR count). The minimum atomic E-state index is -0.173. The van der Waals surface area contributed by atoms with Gasteiger partial charge in [0.05, 0.1) is 23.4 Å². The average Bonchev–Trinajstić information content (AvgIpc) is 2.97. The van der Waals surface area contributed by atoms with Crippen LogP contribution in [0.5, 0.6) is 5.75 Å². The second-order valence-corrected chi connectivity index (χ2v) is 6.48. The standard InChI is InChI=1S/C15H18N2O2S2/c1-3-6-20-11-4-5-12(16)13(8-11)17-15(18)14-7-10(19-2)9-21-14/h4-5,7-9H,3,6,16H2,1-2H3,(H,17,18). The Morgan fingerprint density at radius 3 is 2.90 bits per heavy atom. The summed E-state index contributed by atoms with van der Waals surface area (Å²) in [5.74, 6) is 1.55. The summed E-state index contributed by atoms with van der Waals surface area (Å²) in [5, 5.41) is 4.66. The van der Waals surface area contributed by atoms with E-state index in [0.717, 1.165) is 17.1 Å². The van der Waals surface area contributed by atoms with Crippen LogP contribution in [0.25, 0.3) is 0 Å². The molecule has 2 aromatic rings. The number of thioether (sulfide) groups is 1. The smallest absolute Gasteiger partial charge is 0.265 e. The summed E-state index contributed by atoms with van der Waals surface area (Å²) in [7, 11) is 1.58. The number of hydrogen-bond donors (Lipinski definition) is 2. The van der Waals surface area contributed by atoms with E-state index in [1.54, 1.807) is 30.3 Å². The summed E-state index contributed by atoms with van der Waals surface area (Å²) in [6.45, 7) is 2.14. The largest absolute Gasteiger partial charge is 0.496 e. The SMILES string of the molecule is CCCSc1ccc(N)c(NC(=O)c2cc(OC)cs2)c1. The molecule has 3 N–H and O–H groups in total. The summed E-state index contributed by atoms with van der Waals surface area (Å²) < 4.78 is 5.08. The molecule has 1 aromatic carbocycles. The van der Waals surface area contributed by atoms with Crippen molar-refractivity contribution in [2.24, 2.45) is 0 Å². The van der Waals surface area contributed by atoms with E-state index in [1.165, 1.54) is 11.3 Å². The molecule has 0 spiro atoms. The van der Waals surface area contributed by atoms with E-state index < -0.39 is 0 Å². The molecular formula is C15H18N2O2S2. The van der Waals surface area contributed by atoms with E-state index in [1.807, 2.05) is 18.2 Å². The normalized spacial score (nSPS) is 10.4. The summed E-state index contributed by atoms with van der Waals surface area (Å²) in [6, 6.07) is 7.42. The van der Waals surface area contributed by atoms with Gasteiger partial charge in [-0.2, -0.15) is 0 Å². The van der Waals surface area contributed by atoms with Crippen molar-refractivity contribution < 1.29 is 9.53 Å². The minimum absolute atomic E-state index is 0.173. The number of ether oxygens (including phenoxy) is 1. The van der Waals surface area contributed by atoms with Gasteiger partial charge in [-0.1, -0.05) is 6.92 Å². The molecule has 1 heterocycles. The lowest BCUT2D eigenvalue weighted by atomic mass is 10.2. The van der Waals surface area contributed by atoms with Crippen molar-refractivity contribution in [2.75, 3.05) is 23.9 Å². The number of nitrogen functional groups attached to an aromatic ring is 1. The molecule has 0 aliphatic rings. The zero-order valence-electron chi connectivity index (χ0n) is 12.0. The number of amides is 1. The zero-order valence-corrected chi connectivity index (χ0v) is 13.6. The van der Waals surface area contributed by atoms with Crippen LogP contribution in [-0.4, -0.2) is 18.8 Å². The zero-order chi connectivity index (χ0) is 15.2. The van der Waals surface area contributed by atoms with Gasteiger partial charge in [0.15, 0.2) is 0 Å². The molecule has 0 radical (unpaired) electrons. The van der Waals surface area contributed by atoms with Gasteiger partial charge >= 0.3 is 0 Å². The van der Waals surface area contributed by atoms with Crippen molar-refractivity contribution in [2.45, 2.75) is 18.2 Å². The number of benzene rings is 1. The number of hydrogen-bond acceptors (Lipinski definition) is 5. The Labute approximate surface area is 132 Å². The van der Waals surface area contributed by atoms with Gasteiger partial charge in [-0.05, 0) is 30.4 Å². The maximum absolute atomic E-state index is 12.2. The highest BCUT2D eigenvalue weighted by molar-refractivity contribution is 7.99. The van der Waals surface area contributed by atoms with Gasteiger partial charge in [0.2, 0.25) is 0 Å². The molecule has 0 saturated heterocycles. The molecule has 1 amide bonds. The summed E-state index contributed by atoms with van der Waals surface area (Å²) in [4.78, 5) is 13.9. The van der Waals surface area contributed by atoms with Crippen molar-refractivity contribution in [3.63, 3.8) is 0 Å². The molecule has 0 bridgehead atoms. The van der Waals surface area contributed by atoms with Gasteiger partial charge in [-0.3, -0.25) is 4.79 Å². The van der Waals surface area contributed by atoms with Crippen LogP contribution in [0.4, 0.5) is 11.4 Å². The molecule has 0 aliphatic heterocycles. The Kier molecular flexibility index (Phi) is 5.52. The van der Waals surface area contributed by atoms with Crippen molar-refractivity contribution in [1.82, 2.24) is 0 Å². The average molecular weight is 322 g/mol. The highest BCUT2D eigenvalue weighted by Gasteiger charge is 2.12. The predicted octanol–water partition coefficient (Wildman–Crippen LogP) is 4.09. The van der Waals surface area contributed by atoms with E-state index in [4.69, 9.17) is 10.5 Å². The second kappa shape index (κ2) is 7.38. The van der Waals surface area contributed by atoms with Crippen LogP contribution in [0, 0.1) is 0 Å². The van der Waals surface area contributed by atoms with Crippen molar-refractivity contribution in [1.29, 1.82) is 0 Å². The molecular weight excluding hydrogens is 304 g/mol. The highest BCUT2D eigenvalue weighted by atomic mass is 32.2. The highest BCUT2D eigenvalue weighted by Crippen LogP contribution is 2.28.